The van der Waals surface area contributed by atoms with Gasteiger partial charge < -0.3 is 20.2 Å². The van der Waals surface area contributed by atoms with Crippen LogP contribution in [0.2, 0.25) is 0 Å². The van der Waals surface area contributed by atoms with Crippen molar-refractivity contribution < 1.29 is 9.94 Å². The van der Waals surface area contributed by atoms with Crippen LogP contribution < -0.4 is 11.3 Å². The van der Waals surface area contributed by atoms with E-state index in [1.807, 2.05) is 0 Å². The fourth-order valence-electron chi connectivity index (χ4n) is 1.34. The van der Waals surface area contributed by atoms with Gasteiger partial charge >= 0.3 is 0 Å². The van der Waals surface area contributed by atoms with Crippen LogP contribution in [0.5, 0.6) is 0 Å². The van der Waals surface area contributed by atoms with Gasteiger partial charge in [-0.2, -0.15) is 0 Å². The Morgan fingerprint density at radius 3 is 3.06 bits per heavy atom. The standard InChI is InChI=1S/C10H15N3O3/c1-16-7-3-6-13-5-2-4-8(10(13)14)9(11)12-15/h2,4-5,15H,3,6-7H2,1H3,(H2,11,12). The molecule has 0 aliphatic rings. The van der Waals surface area contributed by atoms with E-state index in [9.17, 15) is 4.79 Å². The van der Waals surface area contributed by atoms with Crippen molar-refractivity contribution in [1.82, 2.24) is 4.57 Å². The van der Waals surface area contributed by atoms with E-state index in [1.165, 1.54) is 10.6 Å². The second kappa shape index (κ2) is 5.92. The third kappa shape index (κ3) is 2.83. The Hall–Kier alpha value is -1.82. The van der Waals surface area contributed by atoms with Crippen LogP contribution in [0.3, 0.4) is 0 Å². The Kier molecular flexibility index (Phi) is 4.53. The van der Waals surface area contributed by atoms with E-state index >= 15 is 0 Å². The maximum atomic E-state index is 11.8. The normalized spacial score (nSPS) is 11.7. The lowest BCUT2D eigenvalue weighted by Gasteiger charge is -2.06. The molecule has 0 saturated carbocycles. The summed E-state index contributed by atoms with van der Waals surface area (Å²) in [4.78, 5) is 11.8. The van der Waals surface area contributed by atoms with Crippen molar-refractivity contribution in [1.29, 1.82) is 0 Å². The number of aryl methyl sites for hydroxylation is 1. The van der Waals surface area contributed by atoms with Crippen LogP contribution in [0.25, 0.3) is 0 Å². The summed E-state index contributed by atoms with van der Waals surface area (Å²) in [5.41, 5.74) is 5.31. The molecule has 0 spiro atoms. The summed E-state index contributed by atoms with van der Waals surface area (Å²) in [5.74, 6) is -0.175. The second-order valence-electron chi connectivity index (χ2n) is 3.25. The lowest BCUT2D eigenvalue weighted by atomic mass is 10.2. The van der Waals surface area contributed by atoms with Gasteiger partial charge in [-0.15, -0.1) is 0 Å². The number of methoxy groups -OCH3 is 1. The predicted octanol–water partition coefficient (Wildman–Crippen LogP) is -0.0207. The summed E-state index contributed by atoms with van der Waals surface area (Å²) >= 11 is 0. The van der Waals surface area contributed by atoms with E-state index in [1.54, 1.807) is 19.4 Å². The zero-order valence-corrected chi connectivity index (χ0v) is 9.09. The number of hydrogen-bond acceptors (Lipinski definition) is 4. The fourth-order valence-corrected chi connectivity index (χ4v) is 1.34. The number of rotatable bonds is 5. The first-order chi connectivity index (χ1) is 7.70. The van der Waals surface area contributed by atoms with Crippen molar-refractivity contribution in [3.8, 4) is 0 Å². The maximum Gasteiger partial charge on any atom is 0.261 e. The molecular weight excluding hydrogens is 210 g/mol. The average molecular weight is 225 g/mol. The second-order valence-corrected chi connectivity index (χ2v) is 3.25. The molecule has 0 atom stereocenters. The van der Waals surface area contributed by atoms with Crippen molar-refractivity contribution in [2.75, 3.05) is 13.7 Å². The number of aromatic nitrogens is 1. The van der Waals surface area contributed by atoms with Gasteiger partial charge in [0.05, 0.1) is 5.56 Å². The number of ether oxygens (including phenoxy) is 1. The van der Waals surface area contributed by atoms with Crippen molar-refractivity contribution in [3.05, 3.63) is 34.2 Å². The molecule has 1 aromatic heterocycles. The highest BCUT2D eigenvalue weighted by atomic mass is 16.5. The molecule has 0 radical (unpaired) electrons. The minimum Gasteiger partial charge on any atom is -0.409 e. The number of nitrogens with zero attached hydrogens (tertiary/aromatic N) is 2. The van der Waals surface area contributed by atoms with Crippen molar-refractivity contribution in [2.24, 2.45) is 10.9 Å². The van der Waals surface area contributed by atoms with E-state index in [-0.39, 0.29) is 17.0 Å². The Labute approximate surface area is 92.9 Å². The Morgan fingerprint density at radius 1 is 1.69 bits per heavy atom. The van der Waals surface area contributed by atoms with Crippen molar-refractivity contribution in [3.63, 3.8) is 0 Å². The Morgan fingerprint density at radius 2 is 2.44 bits per heavy atom. The Bertz CT molecular complexity index is 426. The van der Waals surface area contributed by atoms with Crippen LogP contribution in [0.4, 0.5) is 0 Å². The van der Waals surface area contributed by atoms with Crippen LogP contribution >= 0.6 is 0 Å². The molecule has 16 heavy (non-hydrogen) atoms. The van der Waals surface area contributed by atoms with Gasteiger partial charge in [0.25, 0.3) is 5.56 Å². The molecule has 0 amide bonds. The van der Waals surface area contributed by atoms with Crippen molar-refractivity contribution in [2.45, 2.75) is 13.0 Å². The molecule has 0 aliphatic heterocycles. The average Bonchev–Trinajstić information content (AvgIpc) is 2.30. The topological polar surface area (TPSA) is 89.8 Å². The molecule has 0 aromatic carbocycles. The largest absolute Gasteiger partial charge is 0.409 e. The van der Waals surface area contributed by atoms with E-state index in [4.69, 9.17) is 15.7 Å². The molecule has 0 saturated heterocycles. The molecule has 6 heteroatoms. The third-order valence-electron chi connectivity index (χ3n) is 2.15. The predicted molar refractivity (Wildman–Crippen MR) is 59.7 cm³/mol. The van der Waals surface area contributed by atoms with Gasteiger partial charge in [0.2, 0.25) is 0 Å². The zero-order chi connectivity index (χ0) is 12.0. The summed E-state index contributed by atoms with van der Waals surface area (Å²) in [6.07, 6.45) is 2.39. The van der Waals surface area contributed by atoms with Crippen LogP contribution in [0.1, 0.15) is 12.0 Å². The van der Waals surface area contributed by atoms with Gasteiger partial charge in [-0.1, -0.05) is 5.16 Å². The smallest absolute Gasteiger partial charge is 0.261 e. The molecular formula is C10H15N3O3. The molecule has 0 bridgehead atoms. The quantitative estimate of drug-likeness (QED) is 0.242. The molecule has 0 fully saturated rings. The summed E-state index contributed by atoms with van der Waals surface area (Å²) in [6.45, 7) is 1.12. The first-order valence-corrected chi connectivity index (χ1v) is 4.87. The Balaban J connectivity index is 2.91. The van der Waals surface area contributed by atoms with E-state index in [0.29, 0.717) is 13.2 Å². The van der Waals surface area contributed by atoms with E-state index in [2.05, 4.69) is 5.16 Å². The monoisotopic (exact) mass is 225 g/mol. The number of nitrogens with two attached hydrogens (primary N) is 1. The van der Waals surface area contributed by atoms with E-state index in [0.717, 1.165) is 6.42 Å². The minimum atomic E-state index is -0.270. The van der Waals surface area contributed by atoms with Gasteiger partial charge in [0.1, 0.15) is 0 Å². The van der Waals surface area contributed by atoms with Gasteiger partial charge in [-0.25, -0.2) is 0 Å². The molecule has 0 aliphatic carbocycles. The highest BCUT2D eigenvalue weighted by molar-refractivity contribution is 5.96. The lowest BCUT2D eigenvalue weighted by Crippen LogP contribution is -2.29. The van der Waals surface area contributed by atoms with Crippen LogP contribution in [0, 0.1) is 0 Å². The highest BCUT2D eigenvalue weighted by Gasteiger charge is 2.06. The number of hydrogen-bond donors (Lipinski definition) is 2. The van der Waals surface area contributed by atoms with Gasteiger partial charge in [0, 0.05) is 26.5 Å². The molecule has 88 valence electrons. The van der Waals surface area contributed by atoms with Crippen LogP contribution in [-0.2, 0) is 11.3 Å². The highest BCUT2D eigenvalue weighted by Crippen LogP contribution is 1.94. The van der Waals surface area contributed by atoms with Crippen molar-refractivity contribution >= 4 is 5.84 Å². The summed E-state index contributed by atoms with van der Waals surface area (Å²) in [6, 6.07) is 3.20. The maximum absolute atomic E-state index is 11.8. The molecule has 1 aromatic rings. The SMILES string of the molecule is COCCCn1cccc(/C(N)=N/O)c1=O. The number of amidine groups is 1. The zero-order valence-electron chi connectivity index (χ0n) is 9.09. The van der Waals surface area contributed by atoms with E-state index < -0.39 is 0 Å². The fraction of sp³-hybridized carbons (Fsp3) is 0.400. The summed E-state index contributed by atoms with van der Waals surface area (Å²) < 4.78 is 6.40. The first-order valence-electron chi connectivity index (χ1n) is 4.87. The molecule has 6 nitrogen and oxygen atoms in total. The van der Waals surface area contributed by atoms with Gasteiger partial charge in [0.15, 0.2) is 5.84 Å². The third-order valence-corrected chi connectivity index (χ3v) is 2.15. The van der Waals surface area contributed by atoms with Crippen LogP contribution in [-0.4, -0.2) is 29.3 Å². The molecule has 1 heterocycles. The lowest BCUT2D eigenvalue weighted by molar-refractivity contribution is 0.190. The minimum absolute atomic E-state index is 0.175. The molecule has 1 rings (SSSR count). The van der Waals surface area contributed by atoms with Gasteiger partial charge in [-0.05, 0) is 18.6 Å². The summed E-state index contributed by atoms with van der Waals surface area (Å²) in [7, 11) is 1.61. The summed E-state index contributed by atoms with van der Waals surface area (Å²) in [5, 5.41) is 11.3. The number of pyridine rings is 1. The van der Waals surface area contributed by atoms with Gasteiger partial charge in [-0.3, -0.25) is 4.79 Å². The first kappa shape index (κ1) is 12.3. The molecule has 0 unspecified atom stereocenters. The molecule has 3 N–H and O–H groups in total. The number of oxime groups is 1. The van der Waals surface area contributed by atoms with Crippen LogP contribution in [0.15, 0.2) is 28.3 Å².